The third-order valence-corrected chi connectivity index (χ3v) is 2.36. The Morgan fingerprint density at radius 1 is 1.07 bits per heavy atom. The summed E-state index contributed by atoms with van der Waals surface area (Å²) >= 11 is 0. The highest BCUT2D eigenvalue weighted by Gasteiger charge is 1.98. The monoisotopic (exact) mass is 184 g/mol. The van der Waals surface area contributed by atoms with Crippen molar-refractivity contribution in [1.29, 1.82) is 0 Å². The molecule has 2 rings (SSSR count). The first kappa shape index (κ1) is 8.75. The summed E-state index contributed by atoms with van der Waals surface area (Å²) in [6.45, 7) is 1.91. The van der Waals surface area contributed by atoms with E-state index in [1.54, 1.807) is 0 Å². The fraction of sp³-hybridized carbons (Fsp3) is 0.0833. The molecule has 2 aromatic carbocycles. The van der Waals surface area contributed by atoms with Gasteiger partial charge in [-0.1, -0.05) is 36.4 Å². The van der Waals surface area contributed by atoms with E-state index in [-0.39, 0.29) is 0 Å². The van der Waals surface area contributed by atoms with Crippen LogP contribution in [0.5, 0.6) is 0 Å². The zero-order valence-corrected chi connectivity index (χ0v) is 8.07. The summed E-state index contributed by atoms with van der Waals surface area (Å²) < 4.78 is 0. The number of rotatable bonds is 1. The molecule has 0 aliphatic carbocycles. The predicted octanol–water partition coefficient (Wildman–Crippen LogP) is 2.52. The highest BCUT2D eigenvalue weighted by Crippen LogP contribution is 2.15. The van der Waals surface area contributed by atoms with Crippen molar-refractivity contribution in [2.24, 2.45) is 10.9 Å². The molecular weight excluding hydrogens is 172 g/mol. The molecule has 0 aromatic heterocycles. The Morgan fingerprint density at radius 2 is 1.79 bits per heavy atom. The molecule has 0 fully saturated rings. The van der Waals surface area contributed by atoms with Crippen LogP contribution in [0.2, 0.25) is 0 Å². The zero-order chi connectivity index (χ0) is 9.97. The van der Waals surface area contributed by atoms with E-state index in [9.17, 15) is 0 Å². The molecule has 0 spiro atoms. The summed E-state index contributed by atoms with van der Waals surface area (Å²) in [7, 11) is 0. The maximum Gasteiger partial charge on any atom is 0.0642 e. The fourth-order valence-electron chi connectivity index (χ4n) is 1.49. The Balaban J connectivity index is 2.62. The lowest BCUT2D eigenvalue weighted by Gasteiger charge is -2.01. The van der Waals surface area contributed by atoms with E-state index >= 15 is 0 Å². The zero-order valence-electron chi connectivity index (χ0n) is 8.07. The van der Waals surface area contributed by atoms with Crippen molar-refractivity contribution in [3.05, 3.63) is 48.0 Å². The summed E-state index contributed by atoms with van der Waals surface area (Å²) in [6.07, 6.45) is 0. The van der Waals surface area contributed by atoms with E-state index < -0.39 is 0 Å². The average Bonchev–Trinajstić information content (AvgIpc) is 2.27. The van der Waals surface area contributed by atoms with Crippen LogP contribution >= 0.6 is 0 Å². The van der Waals surface area contributed by atoms with Crippen molar-refractivity contribution in [2.45, 2.75) is 6.92 Å². The quantitative estimate of drug-likeness (QED) is 0.413. The Morgan fingerprint density at radius 3 is 2.50 bits per heavy atom. The van der Waals surface area contributed by atoms with Gasteiger partial charge in [0.2, 0.25) is 0 Å². The summed E-state index contributed by atoms with van der Waals surface area (Å²) in [4.78, 5) is 0. The van der Waals surface area contributed by atoms with Crippen LogP contribution in [0, 0.1) is 0 Å². The molecule has 0 unspecified atom stereocenters. The highest BCUT2D eigenvalue weighted by molar-refractivity contribution is 6.01. The first-order valence-electron chi connectivity index (χ1n) is 4.55. The van der Waals surface area contributed by atoms with Crippen molar-refractivity contribution in [3.63, 3.8) is 0 Å². The molecule has 2 heteroatoms. The Bertz CT molecular complexity index is 486. The summed E-state index contributed by atoms with van der Waals surface area (Å²) in [6, 6.07) is 14.5. The Labute approximate surface area is 83.0 Å². The molecule has 0 aliphatic heterocycles. The van der Waals surface area contributed by atoms with Crippen LogP contribution in [-0.4, -0.2) is 5.71 Å². The normalized spacial score (nSPS) is 11.9. The van der Waals surface area contributed by atoms with Gasteiger partial charge in [0.25, 0.3) is 0 Å². The second kappa shape index (κ2) is 3.50. The van der Waals surface area contributed by atoms with Crippen LogP contribution in [0.4, 0.5) is 0 Å². The Hall–Kier alpha value is -1.83. The van der Waals surface area contributed by atoms with Gasteiger partial charge < -0.3 is 5.84 Å². The van der Waals surface area contributed by atoms with E-state index in [1.165, 1.54) is 10.8 Å². The molecule has 0 amide bonds. The van der Waals surface area contributed by atoms with Crippen molar-refractivity contribution < 1.29 is 0 Å². The Kier molecular flexibility index (Phi) is 2.19. The van der Waals surface area contributed by atoms with Crippen molar-refractivity contribution in [1.82, 2.24) is 0 Å². The first-order valence-corrected chi connectivity index (χ1v) is 4.55. The standard InChI is InChI=1S/C12H12N2/c1-9(14-13)11-7-6-10-4-2-3-5-12(10)8-11/h2-8H,13H2,1H3/b14-9-. The van der Waals surface area contributed by atoms with Crippen LogP contribution in [-0.2, 0) is 0 Å². The lowest BCUT2D eigenvalue weighted by molar-refractivity contribution is 1.24. The molecule has 0 bridgehead atoms. The van der Waals surface area contributed by atoms with Crippen LogP contribution < -0.4 is 5.84 Å². The van der Waals surface area contributed by atoms with Crippen LogP contribution in [0.3, 0.4) is 0 Å². The van der Waals surface area contributed by atoms with E-state index in [2.05, 4.69) is 29.4 Å². The number of nitrogens with zero attached hydrogens (tertiary/aromatic N) is 1. The summed E-state index contributed by atoms with van der Waals surface area (Å²) in [5, 5.41) is 6.14. The number of hydrogen-bond donors (Lipinski definition) is 1. The third-order valence-electron chi connectivity index (χ3n) is 2.36. The predicted molar refractivity (Wildman–Crippen MR) is 60.3 cm³/mol. The maximum absolute atomic E-state index is 5.24. The minimum atomic E-state index is 0.857. The number of hydrazone groups is 1. The SMILES string of the molecule is C/C(=N/N)c1ccc2ccccc2c1. The highest BCUT2D eigenvalue weighted by atomic mass is 15.1. The van der Waals surface area contributed by atoms with E-state index in [1.807, 2.05) is 25.1 Å². The fourth-order valence-corrected chi connectivity index (χ4v) is 1.49. The molecule has 2 nitrogen and oxygen atoms in total. The molecule has 14 heavy (non-hydrogen) atoms. The minimum Gasteiger partial charge on any atom is -0.323 e. The second-order valence-corrected chi connectivity index (χ2v) is 3.28. The molecule has 0 radical (unpaired) electrons. The van der Waals surface area contributed by atoms with Gasteiger partial charge in [-0.15, -0.1) is 0 Å². The van der Waals surface area contributed by atoms with Gasteiger partial charge in [0, 0.05) is 0 Å². The average molecular weight is 184 g/mol. The van der Waals surface area contributed by atoms with Crippen molar-refractivity contribution >= 4 is 16.5 Å². The molecule has 2 N–H and O–H groups in total. The number of fused-ring (bicyclic) bond motifs is 1. The van der Waals surface area contributed by atoms with Crippen LogP contribution in [0.15, 0.2) is 47.6 Å². The van der Waals surface area contributed by atoms with E-state index in [0.717, 1.165) is 11.3 Å². The lowest BCUT2D eigenvalue weighted by Crippen LogP contribution is -1.98. The number of benzene rings is 2. The third kappa shape index (κ3) is 1.46. The first-order chi connectivity index (χ1) is 6.81. The molecule has 0 saturated heterocycles. The largest absolute Gasteiger partial charge is 0.323 e. The van der Waals surface area contributed by atoms with Gasteiger partial charge in [-0.2, -0.15) is 5.10 Å². The molecule has 70 valence electrons. The van der Waals surface area contributed by atoms with Gasteiger partial charge in [-0.05, 0) is 29.3 Å². The molecular formula is C12H12N2. The second-order valence-electron chi connectivity index (χ2n) is 3.28. The summed E-state index contributed by atoms with van der Waals surface area (Å²) in [5.41, 5.74) is 1.93. The van der Waals surface area contributed by atoms with Crippen LogP contribution in [0.1, 0.15) is 12.5 Å². The molecule has 2 aromatic rings. The maximum atomic E-state index is 5.24. The van der Waals surface area contributed by atoms with Gasteiger partial charge in [-0.25, -0.2) is 0 Å². The number of hydrogen-bond acceptors (Lipinski definition) is 2. The smallest absolute Gasteiger partial charge is 0.0642 e. The lowest BCUT2D eigenvalue weighted by atomic mass is 10.0. The summed E-state index contributed by atoms with van der Waals surface area (Å²) in [5.74, 6) is 5.24. The van der Waals surface area contributed by atoms with Gasteiger partial charge in [-0.3, -0.25) is 0 Å². The number of nitrogens with two attached hydrogens (primary N) is 1. The molecule has 0 heterocycles. The van der Waals surface area contributed by atoms with Crippen LogP contribution in [0.25, 0.3) is 10.8 Å². The van der Waals surface area contributed by atoms with E-state index in [0.29, 0.717) is 0 Å². The molecule has 0 aliphatic rings. The molecule has 0 saturated carbocycles. The van der Waals surface area contributed by atoms with Crippen molar-refractivity contribution in [2.75, 3.05) is 0 Å². The minimum absolute atomic E-state index is 0.857. The van der Waals surface area contributed by atoms with E-state index in [4.69, 9.17) is 5.84 Å². The van der Waals surface area contributed by atoms with Crippen molar-refractivity contribution in [3.8, 4) is 0 Å². The van der Waals surface area contributed by atoms with Gasteiger partial charge in [0.1, 0.15) is 0 Å². The molecule has 0 atom stereocenters. The van der Waals surface area contributed by atoms with Gasteiger partial charge >= 0.3 is 0 Å². The van der Waals surface area contributed by atoms with Gasteiger partial charge in [0.05, 0.1) is 5.71 Å². The topological polar surface area (TPSA) is 38.4 Å². The van der Waals surface area contributed by atoms with Gasteiger partial charge in [0.15, 0.2) is 0 Å².